The van der Waals surface area contributed by atoms with Gasteiger partial charge in [0, 0.05) is 24.7 Å². The summed E-state index contributed by atoms with van der Waals surface area (Å²) < 4.78 is 1.52. The summed E-state index contributed by atoms with van der Waals surface area (Å²) in [6.45, 7) is 0.648. The zero-order chi connectivity index (χ0) is 17.8. The van der Waals surface area contributed by atoms with Crippen LogP contribution in [-0.2, 0) is 6.42 Å². The van der Waals surface area contributed by atoms with E-state index < -0.39 is 0 Å². The van der Waals surface area contributed by atoms with Gasteiger partial charge in [-0.3, -0.25) is 4.79 Å². The van der Waals surface area contributed by atoms with E-state index in [1.165, 1.54) is 4.52 Å². The van der Waals surface area contributed by atoms with Crippen LogP contribution in [0.5, 0.6) is 0 Å². The van der Waals surface area contributed by atoms with E-state index in [2.05, 4.69) is 30.8 Å². The number of carbonyl (C=O) groups is 1. The number of pyridine rings is 1. The quantitative estimate of drug-likeness (QED) is 0.498. The predicted molar refractivity (Wildman–Crippen MR) is 96.8 cm³/mol. The molecule has 0 aliphatic rings. The van der Waals surface area contributed by atoms with Gasteiger partial charge in [-0.15, -0.1) is 5.10 Å². The van der Waals surface area contributed by atoms with Gasteiger partial charge in [0.2, 0.25) is 0 Å². The second-order valence-corrected chi connectivity index (χ2v) is 6.16. The second-order valence-electron chi connectivity index (χ2n) is 6.16. The van der Waals surface area contributed by atoms with E-state index in [-0.39, 0.29) is 5.91 Å². The number of aromatic amines is 1. The Hall–Kier alpha value is -3.29. The van der Waals surface area contributed by atoms with E-state index in [4.69, 9.17) is 0 Å². The van der Waals surface area contributed by atoms with Crippen molar-refractivity contribution < 1.29 is 4.79 Å². The number of nitrogens with zero attached hydrogens (tertiary/aromatic N) is 5. The molecule has 0 spiro atoms. The number of hydrogen-bond donors (Lipinski definition) is 2. The number of tetrazole rings is 1. The monoisotopic (exact) mass is 349 g/mol. The van der Waals surface area contributed by atoms with Gasteiger partial charge >= 0.3 is 0 Å². The average Bonchev–Trinajstić information content (AvgIpc) is 3.29. The zero-order valence-corrected chi connectivity index (χ0v) is 14.2. The number of carbonyl (C=O) groups excluding carboxylic acids is 1. The van der Waals surface area contributed by atoms with Crippen LogP contribution >= 0.6 is 0 Å². The van der Waals surface area contributed by atoms with Crippen molar-refractivity contribution in [3.8, 4) is 0 Å². The number of para-hydroxylation sites is 2. The Balaban J connectivity index is 1.19. The molecule has 0 bridgehead atoms. The Morgan fingerprint density at radius 2 is 2.08 bits per heavy atom. The highest BCUT2D eigenvalue weighted by Crippen LogP contribution is 2.12. The van der Waals surface area contributed by atoms with E-state index in [1.54, 1.807) is 18.3 Å². The average molecular weight is 349 g/mol. The molecule has 1 amide bonds. The van der Waals surface area contributed by atoms with Crippen molar-refractivity contribution in [3.63, 3.8) is 0 Å². The highest BCUT2D eigenvalue weighted by atomic mass is 16.1. The third-order valence-corrected chi connectivity index (χ3v) is 4.27. The summed E-state index contributed by atoms with van der Waals surface area (Å²) in [4.78, 5) is 20.1. The number of aromatic nitrogens is 6. The van der Waals surface area contributed by atoms with Crippen LogP contribution in [0.2, 0.25) is 0 Å². The zero-order valence-electron chi connectivity index (χ0n) is 14.2. The van der Waals surface area contributed by atoms with Crippen molar-refractivity contribution in [2.24, 2.45) is 0 Å². The molecule has 26 heavy (non-hydrogen) atoms. The Labute approximate surface area is 149 Å². The van der Waals surface area contributed by atoms with Crippen molar-refractivity contribution in [2.75, 3.05) is 6.54 Å². The first kappa shape index (κ1) is 16.2. The lowest BCUT2D eigenvalue weighted by atomic mass is 10.2. The Kier molecular flexibility index (Phi) is 4.55. The number of imidazole rings is 1. The molecule has 0 atom stereocenters. The lowest BCUT2D eigenvalue weighted by molar-refractivity contribution is 0.0953. The van der Waals surface area contributed by atoms with Crippen LogP contribution in [0.1, 0.15) is 35.4 Å². The Bertz CT molecular complexity index is 1000. The van der Waals surface area contributed by atoms with Gasteiger partial charge in [-0.2, -0.15) is 0 Å². The number of amides is 1. The number of H-pyrrole nitrogens is 1. The van der Waals surface area contributed by atoms with Crippen molar-refractivity contribution in [1.29, 1.82) is 0 Å². The first-order chi connectivity index (χ1) is 12.8. The molecular formula is C18H19N7O. The summed E-state index contributed by atoms with van der Waals surface area (Å²) in [6.07, 6.45) is 5.59. The molecule has 2 N–H and O–H groups in total. The van der Waals surface area contributed by atoms with Gasteiger partial charge in [0.15, 0.2) is 5.65 Å². The largest absolute Gasteiger partial charge is 0.352 e. The molecule has 8 nitrogen and oxygen atoms in total. The first-order valence-electron chi connectivity index (χ1n) is 8.69. The summed E-state index contributed by atoms with van der Waals surface area (Å²) in [7, 11) is 0. The van der Waals surface area contributed by atoms with Crippen LogP contribution in [0.4, 0.5) is 0 Å². The normalized spacial score (nSPS) is 11.2. The van der Waals surface area contributed by atoms with Crippen LogP contribution < -0.4 is 5.32 Å². The fourth-order valence-electron chi connectivity index (χ4n) is 2.90. The lowest BCUT2D eigenvalue weighted by Gasteiger charge is -2.05. The minimum absolute atomic E-state index is 0.104. The molecular weight excluding hydrogens is 330 g/mol. The van der Waals surface area contributed by atoms with Crippen LogP contribution in [0.3, 0.4) is 0 Å². The van der Waals surface area contributed by atoms with E-state index in [0.29, 0.717) is 17.8 Å². The maximum Gasteiger partial charge on any atom is 0.251 e. The van der Waals surface area contributed by atoms with Crippen molar-refractivity contribution >= 4 is 22.6 Å². The predicted octanol–water partition coefficient (Wildman–Crippen LogP) is 2.14. The van der Waals surface area contributed by atoms with Gasteiger partial charge in [0.05, 0.1) is 11.0 Å². The molecule has 3 heterocycles. The molecule has 0 radical (unpaired) electrons. The summed E-state index contributed by atoms with van der Waals surface area (Å²) in [5.74, 6) is 0.915. The Morgan fingerprint density at radius 1 is 1.15 bits per heavy atom. The van der Waals surface area contributed by atoms with Crippen molar-refractivity contribution in [2.45, 2.75) is 25.7 Å². The lowest BCUT2D eigenvalue weighted by Crippen LogP contribution is -2.24. The molecule has 1 aromatic carbocycles. The molecule has 0 aliphatic carbocycles. The molecule has 0 fully saturated rings. The van der Waals surface area contributed by atoms with Gasteiger partial charge in [-0.1, -0.05) is 18.6 Å². The number of fused-ring (bicyclic) bond motifs is 2. The maximum absolute atomic E-state index is 12.2. The Morgan fingerprint density at radius 3 is 3.00 bits per heavy atom. The minimum Gasteiger partial charge on any atom is -0.352 e. The maximum atomic E-state index is 12.2. The number of hydrogen-bond acceptors (Lipinski definition) is 5. The van der Waals surface area contributed by atoms with Gasteiger partial charge in [-0.25, -0.2) is 9.50 Å². The molecule has 0 saturated heterocycles. The smallest absolute Gasteiger partial charge is 0.251 e. The summed E-state index contributed by atoms with van der Waals surface area (Å²) in [5.41, 5.74) is 3.21. The highest BCUT2D eigenvalue weighted by molar-refractivity contribution is 5.94. The highest BCUT2D eigenvalue weighted by Gasteiger charge is 2.07. The number of rotatable bonds is 7. The molecule has 4 rings (SSSR count). The number of benzene rings is 1. The fourth-order valence-corrected chi connectivity index (χ4v) is 2.90. The molecule has 0 saturated carbocycles. The van der Waals surface area contributed by atoms with E-state index in [1.807, 2.05) is 24.3 Å². The van der Waals surface area contributed by atoms with E-state index in [0.717, 1.165) is 42.5 Å². The van der Waals surface area contributed by atoms with Crippen molar-refractivity contribution in [1.82, 2.24) is 35.3 Å². The van der Waals surface area contributed by atoms with Gasteiger partial charge in [0.1, 0.15) is 5.82 Å². The second kappa shape index (κ2) is 7.30. The van der Waals surface area contributed by atoms with Gasteiger partial charge in [0.25, 0.3) is 5.91 Å². The van der Waals surface area contributed by atoms with Gasteiger partial charge in [-0.05, 0) is 47.5 Å². The van der Waals surface area contributed by atoms with Crippen molar-refractivity contribution in [3.05, 3.63) is 54.0 Å². The van der Waals surface area contributed by atoms with Crippen LogP contribution in [0.15, 0.2) is 42.6 Å². The molecule has 0 unspecified atom stereocenters. The van der Waals surface area contributed by atoms with Gasteiger partial charge < -0.3 is 10.3 Å². The third kappa shape index (κ3) is 3.53. The van der Waals surface area contributed by atoms with E-state index >= 15 is 0 Å². The van der Waals surface area contributed by atoms with Crippen LogP contribution in [0, 0.1) is 0 Å². The topological polar surface area (TPSA) is 101 Å². The molecule has 3 aromatic heterocycles. The van der Waals surface area contributed by atoms with Crippen LogP contribution in [0.25, 0.3) is 16.7 Å². The summed E-state index contributed by atoms with van der Waals surface area (Å²) in [6, 6.07) is 11.4. The summed E-state index contributed by atoms with van der Waals surface area (Å²) >= 11 is 0. The molecule has 0 aliphatic heterocycles. The number of aryl methyl sites for hydroxylation is 1. The minimum atomic E-state index is -0.104. The van der Waals surface area contributed by atoms with E-state index in [9.17, 15) is 4.79 Å². The van der Waals surface area contributed by atoms with Crippen LogP contribution in [-0.4, -0.2) is 42.5 Å². The fraction of sp³-hybridized carbons (Fsp3) is 0.278. The number of unbranched alkanes of at least 4 members (excludes halogenated alkanes) is 2. The molecule has 132 valence electrons. The summed E-state index contributed by atoms with van der Waals surface area (Å²) in [5, 5.41) is 14.1. The molecule has 8 heteroatoms. The number of nitrogens with one attached hydrogen (secondary N) is 2. The first-order valence-corrected chi connectivity index (χ1v) is 8.69. The molecule has 4 aromatic rings. The third-order valence-electron chi connectivity index (χ3n) is 4.27. The SMILES string of the molecule is O=C(NCCCCCc1nc2ccccc2[nH]1)c1ccn2nnnc2c1. The standard InChI is InChI=1S/C18H19N7O/c26-18(13-9-11-25-17(12-13)22-23-24-25)19-10-5-1-2-8-16-20-14-6-3-4-7-15(14)21-16/h3-4,6-7,9,11-12H,1-2,5,8,10H2,(H,19,26)(H,20,21).